The zero-order chi connectivity index (χ0) is 9.35. The first-order chi connectivity index (χ1) is 5.43. The van der Waals surface area contributed by atoms with Crippen molar-refractivity contribution in [1.29, 1.82) is 0 Å². The number of alkyl halides is 3. The Labute approximate surface area is 65.6 Å². The van der Waals surface area contributed by atoms with Gasteiger partial charge in [0.2, 0.25) is 0 Å². The number of H-pyrrole nitrogens is 1. The second-order valence-corrected chi connectivity index (χ2v) is 2.21. The van der Waals surface area contributed by atoms with Crippen molar-refractivity contribution in [3.05, 3.63) is 17.5 Å². The van der Waals surface area contributed by atoms with E-state index in [0.717, 1.165) is 13.1 Å². The number of aromatic amines is 1. The molecule has 0 aliphatic carbocycles. The summed E-state index contributed by atoms with van der Waals surface area (Å²) in [5, 5.41) is 4.88. The van der Waals surface area contributed by atoms with Crippen LogP contribution in [0.15, 0.2) is 6.20 Å². The van der Waals surface area contributed by atoms with E-state index in [1.54, 1.807) is 5.10 Å². The summed E-state index contributed by atoms with van der Waals surface area (Å²) in [5.74, 6) is -0.656. The van der Waals surface area contributed by atoms with Gasteiger partial charge in [-0.2, -0.15) is 18.3 Å². The van der Waals surface area contributed by atoms with E-state index in [0.29, 0.717) is 0 Å². The molecule has 0 fully saturated rings. The maximum Gasteiger partial charge on any atom is 0.433 e. The lowest BCUT2D eigenvalue weighted by atomic mass is 10.2. The lowest BCUT2D eigenvalue weighted by Crippen LogP contribution is -2.10. The van der Waals surface area contributed by atoms with E-state index in [1.807, 2.05) is 0 Å². The van der Waals surface area contributed by atoms with Gasteiger partial charge in [-0.1, -0.05) is 0 Å². The molecule has 12 heavy (non-hydrogen) atoms. The number of hydrogen-bond donors (Lipinski definition) is 1. The zero-order valence-corrected chi connectivity index (χ0v) is 6.07. The molecular weight excluding hydrogens is 173 g/mol. The van der Waals surface area contributed by atoms with Gasteiger partial charge in [-0.15, -0.1) is 0 Å². The van der Waals surface area contributed by atoms with E-state index >= 15 is 0 Å². The van der Waals surface area contributed by atoms with Crippen LogP contribution in [0.1, 0.15) is 23.0 Å². The van der Waals surface area contributed by atoms with Gasteiger partial charge < -0.3 is 0 Å². The molecule has 1 aromatic rings. The van der Waals surface area contributed by atoms with Crippen LogP contribution in [0.3, 0.4) is 0 Å². The van der Waals surface area contributed by atoms with E-state index in [9.17, 15) is 18.0 Å². The highest BCUT2D eigenvalue weighted by atomic mass is 19.4. The third-order valence-corrected chi connectivity index (χ3v) is 1.30. The topological polar surface area (TPSA) is 45.8 Å². The fourth-order valence-corrected chi connectivity index (χ4v) is 0.769. The number of carbonyl (C=O) groups is 1. The first kappa shape index (κ1) is 8.76. The quantitative estimate of drug-likeness (QED) is 0.664. The number of carbonyl (C=O) groups excluding carboxylic acids is 1. The number of Topliss-reactive ketones (excluding diaryl/α,β-unsaturated/α-hetero) is 1. The number of ketones is 1. The molecule has 1 rings (SSSR count). The van der Waals surface area contributed by atoms with Crippen molar-refractivity contribution in [3.8, 4) is 0 Å². The second-order valence-electron chi connectivity index (χ2n) is 2.21. The van der Waals surface area contributed by atoms with Crippen LogP contribution >= 0.6 is 0 Å². The van der Waals surface area contributed by atoms with Crippen molar-refractivity contribution in [3.63, 3.8) is 0 Å². The maximum atomic E-state index is 12.0. The summed E-state index contributed by atoms with van der Waals surface area (Å²) >= 11 is 0. The average Bonchev–Trinajstić information content (AvgIpc) is 2.30. The Morgan fingerprint density at radius 2 is 2.17 bits per heavy atom. The van der Waals surface area contributed by atoms with Crippen molar-refractivity contribution in [1.82, 2.24) is 10.2 Å². The van der Waals surface area contributed by atoms with E-state index in [-0.39, 0.29) is 0 Å². The van der Waals surface area contributed by atoms with Crippen LogP contribution in [0.2, 0.25) is 0 Å². The molecule has 1 aromatic heterocycles. The number of hydrogen-bond acceptors (Lipinski definition) is 2. The average molecular weight is 178 g/mol. The van der Waals surface area contributed by atoms with Crippen LogP contribution in [-0.2, 0) is 6.18 Å². The van der Waals surface area contributed by atoms with E-state index in [1.165, 1.54) is 0 Å². The summed E-state index contributed by atoms with van der Waals surface area (Å²) in [6.07, 6.45) is -3.68. The van der Waals surface area contributed by atoms with Gasteiger partial charge in [0.25, 0.3) is 0 Å². The van der Waals surface area contributed by atoms with Crippen LogP contribution in [0.4, 0.5) is 13.2 Å². The van der Waals surface area contributed by atoms with E-state index in [4.69, 9.17) is 0 Å². The number of halogens is 3. The number of aromatic nitrogens is 2. The summed E-state index contributed by atoms with van der Waals surface area (Å²) < 4.78 is 36.1. The number of rotatable bonds is 1. The number of nitrogens with one attached hydrogen (secondary N) is 1. The molecule has 0 saturated heterocycles. The zero-order valence-electron chi connectivity index (χ0n) is 6.07. The van der Waals surface area contributed by atoms with Gasteiger partial charge in [-0.05, 0) is 6.92 Å². The molecular formula is C6H5F3N2O. The van der Waals surface area contributed by atoms with Gasteiger partial charge in [0.15, 0.2) is 5.78 Å². The van der Waals surface area contributed by atoms with Gasteiger partial charge in [-0.3, -0.25) is 9.89 Å². The highest BCUT2D eigenvalue weighted by Crippen LogP contribution is 2.29. The second kappa shape index (κ2) is 2.62. The fraction of sp³-hybridized carbons (Fsp3) is 0.333. The van der Waals surface area contributed by atoms with Crippen LogP contribution in [-0.4, -0.2) is 16.0 Å². The molecule has 0 aliphatic rings. The molecule has 0 aliphatic heterocycles. The summed E-state index contributed by atoms with van der Waals surface area (Å²) in [7, 11) is 0. The summed E-state index contributed by atoms with van der Waals surface area (Å²) in [4.78, 5) is 10.6. The van der Waals surface area contributed by atoms with Gasteiger partial charge in [-0.25, -0.2) is 0 Å². The SMILES string of the molecule is CC(=O)c1cn[nH]c1C(F)(F)F. The molecule has 0 aromatic carbocycles. The maximum absolute atomic E-state index is 12.0. The van der Waals surface area contributed by atoms with Crippen molar-refractivity contribution in [2.45, 2.75) is 13.1 Å². The molecule has 3 nitrogen and oxygen atoms in total. The Morgan fingerprint density at radius 3 is 2.50 bits per heavy atom. The Bertz CT molecular complexity index is 302. The third-order valence-electron chi connectivity index (χ3n) is 1.30. The molecule has 0 atom stereocenters. The van der Waals surface area contributed by atoms with Crippen LogP contribution in [0, 0.1) is 0 Å². The highest BCUT2D eigenvalue weighted by Gasteiger charge is 2.36. The Morgan fingerprint density at radius 1 is 1.58 bits per heavy atom. The third kappa shape index (κ3) is 1.46. The molecule has 0 bridgehead atoms. The lowest BCUT2D eigenvalue weighted by molar-refractivity contribution is -0.141. The number of nitrogens with zero attached hydrogens (tertiary/aromatic N) is 1. The van der Waals surface area contributed by atoms with Crippen LogP contribution in [0.25, 0.3) is 0 Å². The molecule has 1 heterocycles. The normalized spacial score (nSPS) is 11.7. The van der Waals surface area contributed by atoms with E-state index < -0.39 is 23.2 Å². The largest absolute Gasteiger partial charge is 0.433 e. The molecule has 0 saturated carbocycles. The first-order valence-corrected chi connectivity index (χ1v) is 3.04. The minimum absolute atomic E-state index is 0.428. The highest BCUT2D eigenvalue weighted by molar-refractivity contribution is 5.95. The summed E-state index contributed by atoms with van der Waals surface area (Å²) in [5.41, 5.74) is -1.52. The van der Waals surface area contributed by atoms with Crippen molar-refractivity contribution >= 4 is 5.78 Å². The van der Waals surface area contributed by atoms with Crippen LogP contribution < -0.4 is 0 Å². The summed E-state index contributed by atoms with van der Waals surface area (Å²) in [6.45, 7) is 1.06. The van der Waals surface area contributed by atoms with Crippen molar-refractivity contribution < 1.29 is 18.0 Å². The molecule has 0 amide bonds. The molecule has 1 N–H and O–H groups in total. The molecule has 0 radical (unpaired) electrons. The Balaban J connectivity index is 3.17. The molecule has 0 spiro atoms. The Hall–Kier alpha value is -1.33. The lowest BCUT2D eigenvalue weighted by Gasteiger charge is -2.03. The van der Waals surface area contributed by atoms with Crippen LogP contribution in [0.5, 0.6) is 0 Å². The predicted molar refractivity (Wildman–Crippen MR) is 33.6 cm³/mol. The Kier molecular flexibility index (Phi) is 1.91. The smallest absolute Gasteiger partial charge is 0.294 e. The van der Waals surface area contributed by atoms with Gasteiger partial charge in [0.1, 0.15) is 5.69 Å². The first-order valence-electron chi connectivity index (χ1n) is 3.04. The van der Waals surface area contributed by atoms with Gasteiger partial charge in [0.05, 0.1) is 11.8 Å². The standard InChI is InChI=1S/C6H5F3N2O/c1-3(12)4-2-10-11-5(4)6(7,8)9/h2H,1H3,(H,10,11). The van der Waals surface area contributed by atoms with Crippen molar-refractivity contribution in [2.24, 2.45) is 0 Å². The fourth-order valence-electron chi connectivity index (χ4n) is 0.769. The minimum atomic E-state index is -4.54. The molecule has 6 heteroatoms. The predicted octanol–water partition coefficient (Wildman–Crippen LogP) is 1.63. The molecule has 66 valence electrons. The van der Waals surface area contributed by atoms with Crippen molar-refractivity contribution in [2.75, 3.05) is 0 Å². The minimum Gasteiger partial charge on any atom is -0.294 e. The van der Waals surface area contributed by atoms with E-state index in [2.05, 4.69) is 5.10 Å². The summed E-state index contributed by atoms with van der Waals surface area (Å²) in [6, 6.07) is 0. The molecule has 0 unspecified atom stereocenters. The monoisotopic (exact) mass is 178 g/mol. The van der Waals surface area contributed by atoms with Gasteiger partial charge in [0, 0.05) is 0 Å². The van der Waals surface area contributed by atoms with Gasteiger partial charge >= 0.3 is 6.18 Å².